The van der Waals surface area contributed by atoms with Gasteiger partial charge in [-0.3, -0.25) is 14.6 Å². The highest BCUT2D eigenvalue weighted by atomic mass is 16.5. The fourth-order valence-corrected chi connectivity index (χ4v) is 3.26. The van der Waals surface area contributed by atoms with E-state index in [4.69, 9.17) is 9.47 Å². The normalized spacial score (nSPS) is 22.4. The maximum Gasteiger partial charge on any atom is 0.307 e. The molecule has 0 aromatic carbocycles. The summed E-state index contributed by atoms with van der Waals surface area (Å²) < 4.78 is 10.8. The molecule has 1 unspecified atom stereocenters. The van der Waals surface area contributed by atoms with Crippen LogP contribution in [0.15, 0.2) is 0 Å². The van der Waals surface area contributed by atoms with Crippen molar-refractivity contribution in [3.8, 4) is 0 Å². The molecule has 5 heteroatoms. The van der Waals surface area contributed by atoms with E-state index in [-0.39, 0.29) is 5.97 Å². The van der Waals surface area contributed by atoms with Gasteiger partial charge in [0.25, 0.3) is 0 Å². The molecule has 0 amide bonds. The predicted molar refractivity (Wildman–Crippen MR) is 87.0 cm³/mol. The van der Waals surface area contributed by atoms with Crippen LogP contribution in [0.1, 0.15) is 45.4 Å². The van der Waals surface area contributed by atoms with Gasteiger partial charge in [-0.15, -0.1) is 0 Å². The van der Waals surface area contributed by atoms with E-state index in [1.807, 2.05) is 0 Å². The van der Waals surface area contributed by atoms with E-state index >= 15 is 0 Å². The minimum Gasteiger partial charge on any atom is -0.466 e. The van der Waals surface area contributed by atoms with Crippen molar-refractivity contribution >= 4 is 5.97 Å². The van der Waals surface area contributed by atoms with Crippen LogP contribution in [-0.2, 0) is 14.3 Å². The van der Waals surface area contributed by atoms with Gasteiger partial charge in [0.2, 0.25) is 0 Å². The first-order valence-electron chi connectivity index (χ1n) is 8.99. The number of piperidine rings is 1. The monoisotopic (exact) mass is 312 g/mol. The summed E-state index contributed by atoms with van der Waals surface area (Å²) in [7, 11) is 0. The number of unbranched alkanes of at least 4 members (excludes halogenated alkanes) is 1. The average molecular weight is 312 g/mol. The third kappa shape index (κ3) is 6.23. The van der Waals surface area contributed by atoms with Crippen LogP contribution in [-0.4, -0.2) is 74.4 Å². The summed E-state index contributed by atoms with van der Waals surface area (Å²) >= 11 is 0. The number of likely N-dealkylation sites (tertiary alicyclic amines) is 1. The van der Waals surface area contributed by atoms with Gasteiger partial charge in [-0.05, 0) is 32.4 Å². The SMILES string of the molecule is CCCCOC(=O)CC(CN1CCOCC1)N1CCCCC1. The van der Waals surface area contributed by atoms with Crippen molar-refractivity contribution in [1.29, 1.82) is 0 Å². The second kappa shape index (κ2) is 10.2. The average Bonchev–Trinajstić information content (AvgIpc) is 2.56. The highest BCUT2D eigenvalue weighted by molar-refractivity contribution is 5.70. The number of morpholine rings is 1. The van der Waals surface area contributed by atoms with Crippen molar-refractivity contribution in [2.24, 2.45) is 0 Å². The second-order valence-electron chi connectivity index (χ2n) is 6.44. The van der Waals surface area contributed by atoms with E-state index in [1.165, 1.54) is 19.3 Å². The molecule has 0 radical (unpaired) electrons. The lowest BCUT2D eigenvalue weighted by molar-refractivity contribution is -0.145. The Hall–Kier alpha value is -0.650. The Morgan fingerprint density at radius 3 is 2.55 bits per heavy atom. The Balaban J connectivity index is 1.83. The third-order valence-electron chi connectivity index (χ3n) is 4.64. The van der Waals surface area contributed by atoms with Crippen LogP contribution >= 0.6 is 0 Å². The van der Waals surface area contributed by atoms with Crippen LogP contribution in [0.4, 0.5) is 0 Å². The number of esters is 1. The molecule has 2 saturated heterocycles. The fourth-order valence-electron chi connectivity index (χ4n) is 3.26. The molecule has 2 heterocycles. The van der Waals surface area contributed by atoms with Crippen LogP contribution in [0.2, 0.25) is 0 Å². The number of hydrogen-bond donors (Lipinski definition) is 0. The molecular weight excluding hydrogens is 280 g/mol. The van der Waals surface area contributed by atoms with Crippen molar-refractivity contribution in [3.63, 3.8) is 0 Å². The molecule has 2 rings (SSSR count). The number of rotatable bonds is 8. The fraction of sp³-hybridized carbons (Fsp3) is 0.941. The number of hydrogen-bond acceptors (Lipinski definition) is 5. The van der Waals surface area contributed by atoms with E-state index in [0.29, 0.717) is 19.1 Å². The van der Waals surface area contributed by atoms with Crippen LogP contribution in [0.3, 0.4) is 0 Å². The van der Waals surface area contributed by atoms with E-state index < -0.39 is 0 Å². The summed E-state index contributed by atoms with van der Waals surface area (Å²) in [5, 5.41) is 0. The van der Waals surface area contributed by atoms with Crippen molar-refractivity contribution in [1.82, 2.24) is 9.80 Å². The zero-order valence-electron chi connectivity index (χ0n) is 14.1. The van der Waals surface area contributed by atoms with Crippen LogP contribution in [0.5, 0.6) is 0 Å². The Kier molecular flexibility index (Phi) is 8.20. The molecule has 0 aromatic heterocycles. The van der Waals surface area contributed by atoms with Gasteiger partial charge < -0.3 is 9.47 Å². The molecule has 0 aromatic rings. The Labute approximate surface area is 134 Å². The van der Waals surface area contributed by atoms with E-state index in [0.717, 1.165) is 58.8 Å². The topological polar surface area (TPSA) is 42.0 Å². The Bertz CT molecular complexity index is 313. The molecule has 2 fully saturated rings. The summed E-state index contributed by atoms with van der Waals surface area (Å²) in [6.45, 7) is 9.48. The van der Waals surface area contributed by atoms with Gasteiger partial charge in [0.1, 0.15) is 0 Å². The zero-order chi connectivity index (χ0) is 15.6. The third-order valence-corrected chi connectivity index (χ3v) is 4.64. The lowest BCUT2D eigenvalue weighted by Crippen LogP contribution is -2.49. The molecule has 5 nitrogen and oxygen atoms in total. The standard InChI is InChI=1S/C17H32N2O3/c1-2-3-11-22-17(20)14-16(19-7-5-4-6-8-19)15-18-9-12-21-13-10-18/h16H,2-15H2,1H3. The van der Waals surface area contributed by atoms with Crippen molar-refractivity contribution in [2.45, 2.75) is 51.5 Å². The molecule has 1 atom stereocenters. The molecule has 0 bridgehead atoms. The highest BCUT2D eigenvalue weighted by Gasteiger charge is 2.26. The molecule has 128 valence electrons. The Morgan fingerprint density at radius 2 is 1.86 bits per heavy atom. The number of ether oxygens (including phenoxy) is 2. The van der Waals surface area contributed by atoms with E-state index in [1.54, 1.807) is 0 Å². The first-order valence-corrected chi connectivity index (χ1v) is 8.99. The first kappa shape index (κ1) is 17.7. The van der Waals surface area contributed by atoms with E-state index in [9.17, 15) is 4.79 Å². The minimum absolute atomic E-state index is 0.0303. The predicted octanol–water partition coefficient (Wildman–Crippen LogP) is 1.91. The maximum absolute atomic E-state index is 12.1. The lowest BCUT2D eigenvalue weighted by Gasteiger charge is -2.38. The first-order chi connectivity index (χ1) is 10.8. The van der Waals surface area contributed by atoms with Gasteiger partial charge in [0.05, 0.1) is 26.2 Å². The smallest absolute Gasteiger partial charge is 0.307 e. The summed E-state index contributed by atoms with van der Waals surface area (Å²) in [5.41, 5.74) is 0. The number of carbonyl (C=O) groups is 1. The van der Waals surface area contributed by atoms with Gasteiger partial charge in [-0.25, -0.2) is 0 Å². The molecule has 0 spiro atoms. The molecule has 0 N–H and O–H groups in total. The molecular formula is C17H32N2O3. The van der Waals surface area contributed by atoms with Crippen LogP contribution < -0.4 is 0 Å². The summed E-state index contributed by atoms with van der Waals surface area (Å²) in [6.07, 6.45) is 6.39. The van der Waals surface area contributed by atoms with Gasteiger partial charge in [0, 0.05) is 25.7 Å². The molecule has 2 aliphatic rings. The molecule has 22 heavy (non-hydrogen) atoms. The number of carbonyl (C=O) groups excluding carboxylic acids is 1. The molecule has 0 aliphatic carbocycles. The zero-order valence-corrected chi connectivity index (χ0v) is 14.1. The van der Waals surface area contributed by atoms with Gasteiger partial charge in [0.15, 0.2) is 0 Å². The largest absolute Gasteiger partial charge is 0.466 e. The second-order valence-corrected chi connectivity index (χ2v) is 6.44. The van der Waals surface area contributed by atoms with Crippen molar-refractivity contribution in [3.05, 3.63) is 0 Å². The van der Waals surface area contributed by atoms with Crippen molar-refractivity contribution in [2.75, 3.05) is 52.5 Å². The van der Waals surface area contributed by atoms with Gasteiger partial charge in [-0.2, -0.15) is 0 Å². The molecule has 0 saturated carbocycles. The lowest BCUT2D eigenvalue weighted by atomic mass is 10.1. The highest BCUT2D eigenvalue weighted by Crippen LogP contribution is 2.16. The van der Waals surface area contributed by atoms with Gasteiger partial charge in [-0.1, -0.05) is 19.8 Å². The summed E-state index contributed by atoms with van der Waals surface area (Å²) in [4.78, 5) is 17.1. The number of nitrogens with zero attached hydrogens (tertiary/aromatic N) is 2. The maximum atomic E-state index is 12.1. The summed E-state index contributed by atoms with van der Waals surface area (Å²) in [6, 6.07) is 0.299. The van der Waals surface area contributed by atoms with E-state index in [2.05, 4.69) is 16.7 Å². The summed E-state index contributed by atoms with van der Waals surface area (Å²) in [5.74, 6) is -0.0303. The minimum atomic E-state index is -0.0303. The van der Waals surface area contributed by atoms with Crippen LogP contribution in [0, 0.1) is 0 Å². The Morgan fingerprint density at radius 1 is 1.14 bits per heavy atom. The molecule has 2 aliphatic heterocycles. The quantitative estimate of drug-likeness (QED) is 0.506. The van der Waals surface area contributed by atoms with Gasteiger partial charge >= 0.3 is 5.97 Å². The van der Waals surface area contributed by atoms with Crippen molar-refractivity contribution < 1.29 is 14.3 Å². The van der Waals surface area contributed by atoms with Crippen LogP contribution in [0.25, 0.3) is 0 Å².